The number of halogens is 3. The van der Waals surface area contributed by atoms with Crippen molar-refractivity contribution in [3.05, 3.63) is 76.7 Å². The van der Waals surface area contributed by atoms with E-state index in [-0.39, 0.29) is 37.2 Å². The van der Waals surface area contributed by atoms with Crippen molar-refractivity contribution < 1.29 is 41.8 Å². The first kappa shape index (κ1) is 22.0. The Kier molecular flexibility index (Phi) is 7.39. The van der Waals surface area contributed by atoms with E-state index in [2.05, 4.69) is 14.9 Å². The van der Waals surface area contributed by atoms with Crippen LogP contribution in [-0.2, 0) is 0 Å². The lowest BCUT2D eigenvalue weighted by Gasteiger charge is -2.03. The lowest BCUT2D eigenvalue weighted by atomic mass is 10.2. The molecule has 0 saturated carbocycles. The number of hydrogen-bond donors (Lipinski definition) is 0. The van der Waals surface area contributed by atoms with Crippen LogP contribution in [0.25, 0.3) is 37.7 Å². The number of aromatic nitrogens is 2. The molecule has 0 fully saturated rings. The standard InChI is InChI=1S/C18H11N6.3ClH/c19-22-12-6-8-15-17(10-12)24(14-4-2-1-3-5-14)18-11-13(23-20)7-9-16(18)21-15;;;/h1-11H;3*1H/q+3;;;/p-3. The van der Waals surface area contributed by atoms with Crippen LogP contribution in [0.2, 0.25) is 0 Å². The van der Waals surface area contributed by atoms with Gasteiger partial charge >= 0.3 is 11.4 Å². The zero-order valence-electron chi connectivity index (χ0n) is 13.7. The first-order valence-electron chi connectivity index (χ1n) is 7.35. The van der Waals surface area contributed by atoms with E-state index >= 15 is 0 Å². The Labute approximate surface area is 173 Å². The van der Waals surface area contributed by atoms with E-state index in [4.69, 9.17) is 10.8 Å². The smallest absolute Gasteiger partial charge is 0.391 e. The molecule has 27 heavy (non-hydrogen) atoms. The van der Waals surface area contributed by atoms with E-state index in [1.54, 1.807) is 24.3 Å². The van der Waals surface area contributed by atoms with Gasteiger partial charge in [-0.1, -0.05) is 18.2 Å². The molecular weight excluding hydrogens is 407 g/mol. The molecule has 0 bridgehead atoms. The minimum absolute atomic E-state index is 0. The Morgan fingerprint density at radius 1 is 0.667 bits per heavy atom. The van der Waals surface area contributed by atoms with Gasteiger partial charge in [0.1, 0.15) is 23.2 Å². The van der Waals surface area contributed by atoms with E-state index in [9.17, 15) is 0 Å². The van der Waals surface area contributed by atoms with Crippen molar-refractivity contribution in [2.24, 2.45) is 0 Å². The highest BCUT2D eigenvalue weighted by atomic mass is 35.5. The molecule has 1 heterocycles. The average molecular weight is 418 g/mol. The fourth-order valence-electron chi connectivity index (χ4n) is 2.81. The Hall–Kier alpha value is -3.03. The van der Waals surface area contributed by atoms with Gasteiger partial charge in [0, 0.05) is 24.3 Å². The van der Waals surface area contributed by atoms with Gasteiger partial charge in [0.05, 0.1) is 0 Å². The summed E-state index contributed by atoms with van der Waals surface area (Å²) in [6.07, 6.45) is 0. The molecule has 134 valence electrons. The molecule has 4 aromatic rings. The quantitative estimate of drug-likeness (QED) is 0.179. The molecule has 0 amide bonds. The van der Waals surface area contributed by atoms with Crippen molar-refractivity contribution in [2.45, 2.75) is 0 Å². The van der Waals surface area contributed by atoms with E-state index in [0.717, 1.165) is 27.8 Å². The highest BCUT2D eigenvalue weighted by Gasteiger charge is 2.24. The fraction of sp³-hybridized carbons (Fsp3) is 0. The first-order chi connectivity index (χ1) is 11.8. The van der Waals surface area contributed by atoms with Gasteiger partial charge < -0.3 is 37.2 Å². The molecule has 0 N–H and O–H groups in total. The zero-order valence-corrected chi connectivity index (χ0v) is 15.9. The highest BCUT2D eigenvalue weighted by molar-refractivity contribution is 5.86. The Morgan fingerprint density at radius 3 is 1.59 bits per heavy atom. The number of rotatable bonds is 1. The number of nitrogens with zero attached hydrogens (tertiary/aromatic N) is 6. The molecule has 4 rings (SSSR count). The maximum Gasteiger partial charge on any atom is 0.391 e. The maximum atomic E-state index is 9.10. The number of diazo groups is 2. The van der Waals surface area contributed by atoms with Gasteiger partial charge in [-0.15, -0.1) is 4.57 Å². The summed E-state index contributed by atoms with van der Waals surface area (Å²) in [5, 5.41) is 18.2. The molecule has 6 nitrogen and oxygen atoms in total. The van der Waals surface area contributed by atoms with Gasteiger partial charge in [0.15, 0.2) is 9.95 Å². The molecule has 3 aromatic carbocycles. The lowest BCUT2D eigenvalue weighted by molar-refractivity contribution is -0.538. The van der Waals surface area contributed by atoms with Crippen LogP contribution in [0.4, 0.5) is 11.4 Å². The minimum Gasteiger partial charge on any atom is -1.00 e. The summed E-state index contributed by atoms with van der Waals surface area (Å²) in [5.41, 5.74) is 4.94. The molecule has 0 aliphatic rings. The van der Waals surface area contributed by atoms with E-state index < -0.39 is 0 Å². The number of benzene rings is 3. The van der Waals surface area contributed by atoms with Crippen molar-refractivity contribution in [3.8, 4) is 5.69 Å². The number of para-hydroxylation sites is 1. The van der Waals surface area contributed by atoms with Crippen LogP contribution in [0, 0.1) is 10.8 Å². The summed E-state index contributed by atoms with van der Waals surface area (Å²) < 4.78 is 2.00. The van der Waals surface area contributed by atoms with Gasteiger partial charge in [-0.3, -0.25) is 0 Å². The van der Waals surface area contributed by atoms with Crippen LogP contribution in [0.15, 0.2) is 66.7 Å². The molecule has 1 aromatic heterocycles. The molecule has 0 spiro atoms. The maximum absolute atomic E-state index is 9.10. The van der Waals surface area contributed by atoms with Crippen molar-refractivity contribution in [1.29, 1.82) is 10.8 Å². The third-order valence-electron chi connectivity index (χ3n) is 3.89. The van der Waals surface area contributed by atoms with Crippen molar-refractivity contribution in [1.82, 2.24) is 4.98 Å². The third-order valence-corrected chi connectivity index (χ3v) is 3.89. The number of fused-ring (bicyclic) bond motifs is 2. The molecule has 0 unspecified atom stereocenters. The van der Waals surface area contributed by atoms with Crippen LogP contribution in [-0.4, -0.2) is 4.98 Å². The molecule has 0 radical (unpaired) electrons. The summed E-state index contributed by atoms with van der Waals surface area (Å²) in [6, 6.07) is 20.3. The largest absolute Gasteiger partial charge is 1.00 e. The first-order valence-corrected chi connectivity index (χ1v) is 7.35. The summed E-state index contributed by atoms with van der Waals surface area (Å²) in [7, 11) is 0. The van der Waals surface area contributed by atoms with E-state index in [0.29, 0.717) is 11.4 Å². The van der Waals surface area contributed by atoms with Gasteiger partial charge in [0.2, 0.25) is 27.5 Å². The molecule has 0 aliphatic heterocycles. The van der Waals surface area contributed by atoms with Gasteiger partial charge in [-0.25, -0.2) is 4.98 Å². The van der Waals surface area contributed by atoms with Crippen LogP contribution in [0.3, 0.4) is 0 Å². The summed E-state index contributed by atoms with van der Waals surface area (Å²) in [4.78, 5) is 11.2. The van der Waals surface area contributed by atoms with E-state index in [1.807, 2.05) is 47.0 Å². The van der Waals surface area contributed by atoms with Crippen LogP contribution >= 0.6 is 0 Å². The Bertz CT molecular complexity index is 1110. The van der Waals surface area contributed by atoms with Crippen LogP contribution < -0.4 is 41.8 Å². The van der Waals surface area contributed by atoms with Crippen molar-refractivity contribution in [3.63, 3.8) is 0 Å². The third kappa shape index (κ3) is 3.89. The highest BCUT2D eigenvalue weighted by Crippen LogP contribution is 2.24. The topological polar surface area (TPSA) is 73.1 Å². The predicted octanol–water partition coefficient (Wildman–Crippen LogP) is -4.35. The summed E-state index contributed by atoms with van der Waals surface area (Å²) in [5.74, 6) is 0. The normalized spacial score (nSPS) is 9.26. The molecular formula is C18H11Cl3N6. The second-order valence-electron chi connectivity index (χ2n) is 5.33. The van der Waals surface area contributed by atoms with Crippen LogP contribution in [0.1, 0.15) is 0 Å². The second-order valence-corrected chi connectivity index (χ2v) is 5.33. The average Bonchev–Trinajstić information content (AvgIpc) is 2.65. The monoisotopic (exact) mass is 416 g/mol. The molecule has 0 saturated heterocycles. The van der Waals surface area contributed by atoms with Crippen molar-refractivity contribution >= 4 is 33.4 Å². The Balaban J connectivity index is 0.00000121. The fourth-order valence-corrected chi connectivity index (χ4v) is 2.81. The number of hydrogen-bond acceptors (Lipinski definition) is 3. The lowest BCUT2D eigenvalue weighted by Crippen LogP contribution is -3.00. The molecule has 0 atom stereocenters. The van der Waals surface area contributed by atoms with Crippen molar-refractivity contribution in [2.75, 3.05) is 0 Å². The SMILES string of the molecule is N#[N+]c1ccc2nc3ccc([N+]#N)cc3[n+](-c3ccccc3)c2c1.[Cl-].[Cl-].[Cl-]. The Morgan fingerprint density at radius 2 is 1.15 bits per heavy atom. The summed E-state index contributed by atoms with van der Waals surface area (Å²) in [6.45, 7) is 0. The molecule has 0 aliphatic carbocycles. The van der Waals surface area contributed by atoms with Crippen LogP contribution in [0.5, 0.6) is 0 Å². The van der Waals surface area contributed by atoms with Gasteiger partial charge in [0.25, 0.3) is 0 Å². The van der Waals surface area contributed by atoms with E-state index in [1.165, 1.54) is 0 Å². The minimum atomic E-state index is 0. The zero-order chi connectivity index (χ0) is 16.5. The summed E-state index contributed by atoms with van der Waals surface area (Å²) >= 11 is 0. The second kappa shape index (κ2) is 9.07. The predicted molar refractivity (Wildman–Crippen MR) is 90.3 cm³/mol. The van der Waals surface area contributed by atoms with Gasteiger partial charge in [-0.05, 0) is 12.1 Å². The van der Waals surface area contributed by atoms with Gasteiger partial charge in [-0.2, -0.15) is 0 Å². The molecule has 9 heteroatoms.